The van der Waals surface area contributed by atoms with Crippen molar-refractivity contribution >= 4 is 23.5 Å². The van der Waals surface area contributed by atoms with E-state index < -0.39 is 41.6 Å². The lowest BCUT2D eigenvalue weighted by Gasteiger charge is -2.39. The normalized spacial score (nSPS) is 30.9. The number of aliphatic hydroxyl groups is 1. The topological polar surface area (TPSA) is 96.4 Å². The van der Waals surface area contributed by atoms with Gasteiger partial charge in [-0.2, -0.15) is 0 Å². The molecule has 1 unspecified atom stereocenters. The molecule has 2 amide bonds. The van der Waals surface area contributed by atoms with E-state index in [-0.39, 0.29) is 25.0 Å². The Morgan fingerprint density at radius 2 is 1.76 bits per heavy atom. The average Bonchev–Trinajstić information content (AvgIpc) is 3.38. The molecule has 0 saturated carbocycles. The summed E-state index contributed by atoms with van der Waals surface area (Å²) in [6, 6.07) is 13.7. The van der Waals surface area contributed by atoms with Gasteiger partial charge in [-0.3, -0.25) is 14.4 Å². The molecule has 6 rings (SSSR count). The van der Waals surface area contributed by atoms with E-state index in [9.17, 15) is 19.5 Å². The molecule has 214 valence electrons. The molecule has 4 aliphatic heterocycles. The van der Waals surface area contributed by atoms with Crippen LogP contribution in [0, 0.1) is 25.7 Å². The fourth-order valence-electron chi connectivity index (χ4n) is 7.16. The Labute approximate surface area is 240 Å². The fraction of sp³-hybridized carbons (Fsp3) is 0.424. The molecule has 4 aliphatic rings. The first kappa shape index (κ1) is 27.4. The predicted octanol–water partition coefficient (Wildman–Crippen LogP) is 3.28. The summed E-state index contributed by atoms with van der Waals surface area (Å²) >= 11 is 0. The van der Waals surface area contributed by atoms with Crippen molar-refractivity contribution in [1.29, 1.82) is 0 Å². The lowest BCUT2D eigenvalue weighted by molar-refractivity contribution is -0.155. The van der Waals surface area contributed by atoms with Gasteiger partial charge in [0.15, 0.2) is 0 Å². The maximum Gasteiger partial charge on any atom is 0.312 e. The highest BCUT2D eigenvalue weighted by molar-refractivity contribution is 6.06. The molecule has 2 saturated heterocycles. The van der Waals surface area contributed by atoms with Gasteiger partial charge in [0.2, 0.25) is 5.91 Å². The number of carbonyl (C=O) groups excluding carboxylic acids is 3. The Bertz CT molecular complexity index is 1380. The second-order valence-electron chi connectivity index (χ2n) is 11.4. The number of hydrogen-bond donors (Lipinski definition) is 1. The number of anilines is 1. The van der Waals surface area contributed by atoms with Gasteiger partial charge >= 0.3 is 5.97 Å². The van der Waals surface area contributed by atoms with Crippen molar-refractivity contribution in [3.05, 3.63) is 89.5 Å². The molecule has 0 bridgehead atoms. The number of amides is 2. The SMILES string of the molecule is Cc1cccc(C)c1N1CC=C[C@]23O[C@H]4/C=C\CCCOC(=O)[C@H]4[C@H]2C(=O)N([C@@H](CO)Cc2ccccc2)C3C1=O. The average molecular weight is 557 g/mol. The molecular weight excluding hydrogens is 520 g/mol. The zero-order valence-corrected chi connectivity index (χ0v) is 23.4. The van der Waals surface area contributed by atoms with Crippen molar-refractivity contribution in [2.45, 2.75) is 56.9 Å². The number of esters is 1. The van der Waals surface area contributed by atoms with Gasteiger partial charge in [0, 0.05) is 12.2 Å². The number of rotatable bonds is 5. The van der Waals surface area contributed by atoms with E-state index in [2.05, 4.69) is 0 Å². The molecule has 6 atom stereocenters. The van der Waals surface area contributed by atoms with Crippen LogP contribution in [0.25, 0.3) is 0 Å². The highest BCUT2D eigenvalue weighted by Gasteiger charge is 2.72. The Kier molecular flexibility index (Phi) is 7.30. The van der Waals surface area contributed by atoms with Gasteiger partial charge in [-0.15, -0.1) is 0 Å². The summed E-state index contributed by atoms with van der Waals surface area (Å²) in [6.45, 7) is 4.13. The molecule has 0 radical (unpaired) electrons. The number of carbonyl (C=O) groups is 3. The summed E-state index contributed by atoms with van der Waals surface area (Å²) in [5.74, 6) is -3.01. The van der Waals surface area contributed by atoms with Crippen molar-refractivity contribution in [3.63, 3.8) is 0 Å². The predicted molar refractivity (Wildman–Crippen MR) is 153 cm³/mol. The molecule has 2 aromatic rings. The third-order valence-electron chi connectivity index (χ3n) is 8.92. The van der Waals surface area contributed by atoms with E-state index in [1.807, 2.05) is 86.7 Å². The number of ether oxygens (including phenoxy) is 2. The van der Waals surface area contributed by atoms with E-state index in [0.29, 0.717) is 19.4 Å². The fourth-order valence-corrected chi connectivity index (χ4v) is 7.16. The Balaban J connectivity index is 1.50. The Morgan fingerprint density at radius 1 is 1.00 bits per heavy atom. The number of nitrogens with zero attached hydrogens (tertiary/aromatic N) is 2. The molecule has 1 N–H and O–H groups in total. The minimum absolute atomic E-state index is 0.260. The molecule has 4 heterocycles. The summed E-state index contributed by atoms with van der Waals surface area (Å²) in [5.41, 5.74) is 2.21. The van der Waals surface area contributed by atoms with Crippen LogP contribution in [-0.4, -0.2) is 71.3 Å². The van der Waals surface area contributed by atoms with Crippen LogP contribution in [0.4, 0.5) is 5.69 Å². The van der Waals surface area contributed by atoms with E-state index in [0.717, 1.165) is 28.8 Å². The van der Waals surface area contributed by atoms with Crippen LogP contribution in [-0.2, 0) is 30.3 Å². The maximum atomic E-state index is 14.8. The zero-order valence-electron chi connectivity index (χ0n) is 23.4. The molecule has 1 spiro atoms. The minimum Gasteiger partial charge on any atom is -0.465 e. The Morgan fingerprint density at radius 3 is 2.49 bits per heavy atom. The molecule has 2 aromatic carbocycles. The monoisotopic (exact) mass is 556 g/mol. The first-order valence-electron chi connectivity index (χ1n) is 14.4. The standard InChI is InChI=1S/C33H36N2O6/c1-21-11-9-12-22(2)28(21)34-17-10-16-33-27(26-25(41-33)15-7-4-8-18-40-32(26)39)30(37)35(29(33)31(34)38)24(20-36)19-23-13-5-3-6-14-23/h3,5-7,9-16,24-27,29,36H,4,8,17-20H2,1-2H3/b15-7-/t24-,25+,26-,27+,29?,33+/m1/s1. The number of benzene rings is 2. The number of cyclic esters (lactones) is 1. The van der Waals surface area contributed by atoms with Crippen molar-refractivity contribution < 1.29 is 29.0 Å². The summed E-state index contributed by atoms with van der Waals surface area (Å²) in [4.78, 5) is 46.0. The first-order chi connectivity index (χ1) is 19.9. The molecule has 0 aliphatic carbocycles. The zero-order chi connectivity index (χ0) is 28.7. The third-order valence-corrected chi connectivity index (χ3v) is 8.92. The van der Waals surface area contributed by atoms with Crippen LogP contribution in [0.1, 0.15) is 29.5 Å². The van der Waals surface area contributed by atoms with Crippen LogP contribution in [0.15, 0.2) is 72.8 Å². The number of para-hydroxylation sites is 1. The van der Waals surface area contributed by atoms with Crippen LogP contribution >= 0.6 is 0 Å². The number of allylic oxidation sites excluding steroid dienone is 1. The largest absolute Gasteiger partial charge is 0.465 e. The Hall–Kier alpha value is -3.75. The molecule has 8 nitrogen and oxygen atoms in total. The highest BCUT2D eigenvalue weighted by Crippen LogP contribution is 2.54. The molecule has 8 heteroatoms. The second-order valence-corrected chi connectivity index (χ2v) is 11.4. The summed E-state index contributed by atoms with van der Waals surface area (Å²) in [7, 11) is 0. The van der Waals surface area contributed by atoms with Crippen molar-refractivity contribution in [1.82, 2.24) is 4.90 Å². The summed E-state index contributed by atoms with van der Waals surface area (Å²) in [6.07, 6.45) is 8.56. The van der Waals surface area contributed by atoms with Crippen molar-refractivity contribution in [3.8, 4) is 0 Å². The van der Waals surface area contributed by atoms with Gasteiger partial charge in [0.25, 0.3) is 5.91 Å². The van der Waals surface area contributed by atoms with E-state index in [4.69, 9.17) is 9.47 Å². The number of fused-ring (bicyclic) bond motifs is 2. The summed E-state index contributed by atoms with van der Waals surface area (Å²) in [5, 5.41) is 10.7. The lowest BCUT2D eigenvalue weighted by atomic mass is 9.78. The van der Waals surface area contributed by atoms with Crippen LogP contribution in [0.5, 0.6) is 0 Å². The third kappa shape index (κ3) is 4.50. The van der Waals surface area contributed by atoms with Crippen LogP contribution < -0.4 is 4.90 Å². The quantitative estimate of drug-likeness (QED) is 0.449. The van der Waals surface area contributed by atoms with Crippen LogP contribution in [0.3, 0.4) is 0 Å². The van der Waals surface area contributed by atoms with Crippen molar-refractivity contribution in [2.24, 2.45) is 11.8 Å². The number of likely N-dealkylation sites (tertiary alicyclic amines) is 1. The van der Waals surface area contributed by atoms with Gasteiger partial charge < -0.3 is 24.4 Å². The molecule has 0 aromatic heterocycles. The highest BCUT2D eigenvalue weighted by atomic mass is 16.6. The van der Waals surface area contributed by atoms with E-state index in [1.54, 1.807) is 4.90 Å². The van der Waals surface area contributed by atoms with Gasteiger partial charge in [0.1, 0.15) is 17.6 Å². The second kappa shape index (κ2) is 10.9. The number of hydrogen-bond acceptors (Lipinski definition) is 6. The van der Waals surface area contributed by atoms with Gasteiger partial charge in [0.05, 0.1) is 31.3 Å². The van der Waals surface area contributed by atoms with Gasteiger partial charge in [-0.25, -0.2) is 0 Å². The van der Waals surface area contributed by atoms with Crippen molar-refractivity contribution in [2.75, 3.05) is 24.7 Å². The lowest BCUT2D eigenvalue weighted by Crippen LogP contribution is -2.58. The van der Waals surface area contributed by atoms with E-state index in [1.165, 1.54) is 4.90 Å². The molecular formula is C33H36N2O6. The molecule has 41 heavy (non-hydrogen) atoms. The summed E-state index contributed by atoms with van der Waals surface area (Å²) < 4.78 is 12.3. The maximum absolute atomic E-state index is 14.8. The van der Waals surface area contributed by atoms with E-state index >= 15 is 0 Å². The smallest absolute Gasteiger partial charge is 0.312 e. The first-order valence-corrected chi connectivity index (χ1v) is 14.4. The van der Waals surface area contributed by atoms with Gasteiger partial charge in [-0.05, 0) is 49.8 Å². The minimum atomic E-state index is -1.39. The number of aliphatic hydroxyl groups excluding tert-OH is 1. The molecule has 2 fully saturated rings. The number of aryl methyl sites for hydroxylation is 2. The van der Waals surface area contributed by atoms with Crippen LogP contribution in [0.2, 0.25) is 0 Å². The van der Waals surface area contributed by atoms with Gasteiger partial charge in [-0.1, -0.05) is 72.8 Å².